The second-order valence-corrected chi connectivity index (χ2v) is 4.26. The van der Waals surface area contributed by atoms with Gasteiger partial charge in [-0.25, -0.2) is 4.79 Å². The van der Waals surface area contributed by atoms with Crippen molar-refractivity contribution in [2.75, 3.05) is 20.8 Å². The van der Waals surface area contributed by atoms with Crippen LogP contribution in [-0.4, -0.2) is 31.7 Å². The van der Waals surface area contributed by atoms with Crippen LogP contribution in [0, 0.1) is 0 Å². The predicted octanol–water partition coefficient (Wildman–Crippen LogP) is 2.71. The molecule has 18 heavy (non-hydrogen) atoms. The Balaban J connectivity index is 2.37. The van der Waals surface area contributed by atoms with Gasteiger partial charge in [-0.3, -0.25) is 4.90 Å². The van der Waals surface area contributed by atoms with Gasteiger partial charge < -0.3 is 4.74 Å². The second kappa shape index (κ2) is 7.45. The smallest absolute Gasteiger partial charge is 0.335 e. The van der Waals surface area contributed by atoms with Crippen LogP contribution in [-0.2, 0) is 9.53 Å². The van der Waals surface area contributed by atoms with Crippen LogP contribution in [0.25, 0.3) is 6.08 Å². The van der Waals surface area contributed by atoms with Crippen molar-refractivity contribution in [2.45, 2.75) is 6.42 Å². The molecule has 3 nitrogen and oxygen atoms in total. The lowest BCUT2D eigenvalue weighted by Crippen LogP contribution is -2.20. The van der Waals surface area contributed by atoms with E-state index >= 15 is 0 Å². The van der Waals surface area contributed by atoms with E-state index in [0.717, 1.165) is 5.56 Å². The Bertz CT molecular complexity index is 421. The largest absolute Gasteiger partial charge is 0.446 e. The van der Waals surface area contributed by atoms with Crippen molar-refractivity contribution < 1.29 is 9.53 Å². The molecule has 3 heteroatoms. The van der Waals surface area contributed by atoms with Gasteiger partial charge in [0.05, 0.1) is 0 Å². The summed E-state index contributed by atoms with van der Waals surface area (Å²) in [6, 6.07) is 9.92. The summed E-state index contributed by atoms with van der Waals surface area (Å²) < 4.78 is 5.02. The number of carbonyl (C=O) groups excluding carboxylic acids is 1. The molecule has 0 bridgehead atoms. The summed E-state index contributed by atoms with van der Waals surface area (Å²) in [7, 11) is 3.68. The minimum Gasteiger partial charge on any atom is -0.446 e. The molecule has 0 saturated heterocycles. The van der Waals surface area contributed by atoms with Crippen LogP contribution in [0.15, 0.2) is 48.6 Å². The zero-order valence-corrected chi connectivity index (χ0v) is 10.9. The molecule has 0 aliphatic rings. The number of nitrogens with zero attached hydrogens (tertiary/aromatic N) is 1. The molecule has 0 aromatic heterocycles. The summed E-state index contributed by atoms with van der Waals surface area (Å²) in [6.45, 7) is 4.00. The average Bonchev–Trinajstić information content (AvgIpc) is 2.37. The molecule has 1 aromatic carbocycles. The van der Waals surface area contributed by atoms with Gasteiger partial charge in [0.15, 0.2) is 0 Å². The van der Waals surface area contributed by atoms with Crippen LogP contribution in [0.3, 0.4) is 0 Å². The number of carbonyl (C=O) groups is 1. The van der Waals surface area contributed by atoms with Gasteiger partial charge >= 0.3 is 5.97 Å². The number of benzene rings is 1. The van der Waals surface area contributed by atoms with Gasteiger partial charge in [0.1, 0.15) is 6.73 Å². The molecule has 1 rings (SSSR count). The molecule has 0 amide bonds. The van der Waals surface area contributed by atoms with Gasteiger partial charge in [0.2, 0.25) is 0 Å². The number of allylic oxidation sites excluding steroid dienone is 1. The van der Waals surface area contributed by atoms with E-state index in [0.29, 0.717) is 12.0 Å². The fraction of sp³-hybridized carbons (Fsp3) is 0.267. The van der Waals surface area contributed by atoms with Gasteiger partial charge in [-0.1, -0.05) is 49.1 Å². The highest BCUT2D eigenvalue weighted by molar-refractivity contribution is 5.88. The first-order valence-electron chi connectivity index (χ1n) is 5.81. The molecule has 0 aliphatic heterocycles. The summed E-state index contributed by atoms with van der Waals surface area (Å²) in [5.74, 6) is -0.346. The van der Waals surface area contributed by atoms with Gasteiger partial charge in [0.25, 0.3) is 0 Å². The van der Waals surface area contributed by atoms with Crippen LogP contribution in [0.4, 0.5) is 0 Å². The number of ether oxygens (including phenoxy) is 1. The number of hydrogen-bond donors (Lipinski definition) is 0. The van der Waals surface area contributed by atoms with E-state index in [1.165, 1.54) is 0 Å². The molecule has 0 saturated carbocycles. The Labute approximate surface area is 108 Å². The quantitative estimate of drug-likeness (QED) is 0.438. The van der Waals surface area contributed by atoms with Crippen molar-refractivity contribution in [1.29, 1.82) is 0 Å². The lowest BCUT2D eigenvalue weighted by atomic mass is 10.1. The fourth-order valence-electron chi connectivity index (χ4n) is 1.27. The first-order valence-corrected chi connectivity index (χ1v) is 5.81. The molecule has 0 unspecified atom stereocenters. The van der Waals surface area contributed by atoms with Crippen molar-refractivity contribution in [1.82, 2.24) is 4.90 Å². The maximum absolute atomic E-state index is 11.5. The van der Waals surface area contributed by atoms with Gasteiger partial charge in [-0.15, -0.1) is 0 Å². The van der Waals surface area contributed by atoms with Crippen molar-refractivity contribution in [2.24, 2.45) is 0 Å². The number of esters is 1. The van der Waals surface area contributed by atoms with E-state index < -0.39 is 0 Å². The predicted molar refractivity (Wildman–Crippen MR) is 73.9 cm³/mol. The van der Waals surface area contributed by atoms with Crippen molar-refractivity contribution in [3.8, 4) is 0 Å². The first kappa shape index (κ1) is 14.2. The first-order chi connectivity index (χ1) is 8.59. The maximum Gasteiger partial charge on any atom is 0.335 e. The summed E-state index contributed by atoms with van der Waals surface area (Å²) in [6.07, 6.45) is 4.38. The molecule has 0 heterocycles. The Hall–Kier alpha value is -1.87. The van der Waals surface area contributed by atoms with E-state index in [9.17, 15) is 4.79 Å². The molecule has 0 atom stereocenters. The molecule has 96 valence electrons. The summed E-state index contributed by atoms with van der Waals surface area (Å²) in [4.78, 5) is 13.3. The van der Waals surface area contributed by atoms with E-state index in [-0.39, 0.29) is 12.7 Å². The third-order valence-electron chi connectivity index (χ3n) is 2.22. The zero-order chi connectivity index (χ0) is 13.4. The lowest BCUT2D eigenvalue weighted by Gasteiger charge is -2.10. The Morgan fingerprint density at radius 3 is 2.61 bits per heavy atom. The maximum atomic E-state index is 11.5. The Morgan fingerprint density at radius 1 is 1.33 bits per heavy atom. The Kier molecular flexibility index (Phi) is 5.88. The summed E-state index contributed by atoms with van der Waals surface area (Å²) in [5, 5.41) is 0. The summed E-state index contributed by atoms with van der Waals surface area (Å²) >= 11 is 0. The SMILES string of the molecule is C=C(CC=Cc1ccccc1)C(=O)OCN(C)C. The molecule has 0 aliphatic carbocycles. The van der Waals surface area contributed by atoms with Crippen molar-refractivity contribution >= 4 is 12.0 Å². The average molecular weight is 245 g/mol. The van der Waals surface area contributed by atoms with Crippen molar-refractivity contribution in [3.63, 3.8) is 0 Å². The summed E-state index contributed by atoms with van der Waals surface area (Å²) in [5.41, 5.74) is 1.57. The van der Waals surface area contributed by atoms with E-state index in [4.69, 9.17) is 4.74 Å². The van der Waals surface area contributed by atoms with Crippen LogP contribution in [0.5, 0.6) is 0 Å². The molecule has 1 aromatic rings. The molecule has 0 spiro atoms. The standard InChI is InChI=1S/C15H19NO2/c1-13(15(17)18-12-16(2)3)8-7-11-14-9-5-4-6-10-14/h4-7,9-11H,1,8,12H2,2-3H3. The highest BCUT2D eigenvalue weighted by atomic mass is 16.5. The van der Waals surface area contributed by atoms with Crippen LogP contribution in [0.2, 0.25) is 0 Å². The zero-order valence-electron chi connectivity index (χ0n) is 10.9. The second-order valence-electron chi connectivity index (χ2n) is 4.26. The van der Waals surface area contributed by atoms with Crippen LogP contribution >= 0.6 is 0 Å². The minimum atomic E-state index is -0.346. The van der Waals surface area contributed by atoms with Gasteiger partial charge in [0, 0.05) is 5.57 Å². The van der Waals surface area contributed by atoms with Gasteiger partial charge in [-0.2, -0.15) is 0 Å². The van der Waals surface area contributed by atoms with Crippen molar-refractivity contribution in [3.05, 3.63) is 54.1 Å². The topological polar surface area (TPSA) is 29.5 Å². The monoisotopic (exact) mass is 245 g/mol. The van der Waals surface area contributed by atoms with E-state index in [1.54, 1.807) is 4.90 Å². The molecule has 0 fully saturated rings. The molecular weight excluding hydrogens is 226 g/mol. The minimum absolute atomic E-state index is 0.278. The van der Waals surface area contributed by atoms with Crippen LogP contribution < -0.4 is 0 Å². The van der Waals surface area contributed by atoms with Crippen LogP contribution in [0.1, 0.15) is 12.0 Å². The van der Waals surface area contributed by atoms with E-state index in [2.05, 4.69) is 6.58 Å². The van der Waals surface area contributed by atoms with Gasteiger partial charge in [-0.05, 0) is 26.1 Å². The lowest BCUT2D eigenvalue weighted by molar-refractivity contribution is -0.142. The highest BCUT2D eigenvalue weighted by Gasteiger charge is 2.06. The molecule has 0 radical (unpaired) electrons. The number of hydrogen-bond acceptors (Lipinski definition) is 3. The third kappa shape index (κ3) is 5.46. The normalized spacial score (nSPS) is 10.8. The highest BCUT2D eigenvalue weighted by Crippen LogP contribution is 2.06. The molecule has 0 N–H and O–H groups in total. The molecular formula is C15H19NO2. The number of rotatable bonds is 6. The van der Waals surface area contributed by atoms with E-state index in [1.807, 2.05) is 56.6 Å². The fourth-order valence-corrected chi connectivity index (χ4v) is 1.27. The third-order valence-corrected chi connectivity index (χ3v) is 2.22. The Morgan fingerprint density at radius 2 is 2.00 bits per heavy atom.